The smallest absolute Gasteiger partial charge is 0.275 e. The molecule has 1 atom stereocenters. The van der Waals surface area contributed by atoms with Crippen LogP contribution >= 0.6 is 0 Å². The third-order valence-electron chi connectivity index (χ3n) is 3.32. The van der Waals surface area contributed by atoms with E-state index in [1.807, 2.05) is 19.9 Å². The number of para-hydroxylation sites is 1. The number of hydrogen-bond acceptors (Lipinski definition) is 4. The van der Waals surface area contributed by atoms with E-state index in [1.165, 1.54) is 17.9 Å². The van der Waals surface area contributed by atoms with Crippen LogP contribution in [-0.4, -0.2) is 28.8 Å². The van der Waals surface area contributed by atoms with E-state index in [9.17, 15) is 9.59 Å². The number of benzene rings is 1. The monoisotopic (exact) mass is 301 g/mol. The van der Waals surface area contributed by atoms with E-state index in [4.69, 9.17) is 4.74 Å². The van der Waals surface area contributed by atoms with Crippen molar-refractivity contribution >= 4 is 5.91 Å². The maximum Gasteiger partial charge on any atom is 0.275 e. The molecule has 6 nitrogen and oxygen atoms in total. The van der Waals surface area contributed by atoms with Crippen molar-refractivity contribution in [2.24, 2.45) is 0 Å². The van der Waals surface area contributed by atoms with E-state index < -0.39 is 0 Å². The Balaban J connectivity index is 2.49. The van der Waals surface area contributed by atoms with Crippen molar-refractivity contribution in [3.05, 3.63) is 52.4 Å². The van der Waals surface area contributed by atoms with Crippen LogP contribution in [0.25, 0.3) is 5.69 Å². The van der Waals surface area contributed by atoms with Crippen LogP contribution in [0.4, 0.5) is 0 Å². The lowest BCUT2D eigenvalue weighted by molar-refractivity contribution is 0.0929. The number of methoxy groups -OCH3 is 1. The van der Waals surface area contributed by atoms with Gasteiger partial charge in [0, 0.05) is 6.04 Å². The van der Waals surface area contributed by atoms with Crippen LogP contribution in [0.2, 0.25) is 0 Å². The topological polar surface area (TPSA) is 73.2 Å². The average Bonchev–Trinajstić information content (AvgIpc) is 2.54. The molecule has 2 rings (SSSR count). The van der Waals surface area contributed by atoms with E-state index in [-0.39, 0.29) is 29.0 Å². The van der Waals surface area contributed by atoms with Gasteiger partial charge in [-0.1, -0.05) is 25.1 Å². The number of carbonyl (C=O) groups excluding carboxylic acids is 1. The zero-order valence-corrected chi connectivity index (χ0v) is 12.9. The number of hydrogen-bond donors (Lipinski definition) is 1. The van der Waals surface area contributed by atoms with Crippen LogP contribution in [-0.2, 0) is 0 Å². The third-order valence-corrected chi connectivity index (χ3v) is 3.32. The maximum atomic E-state index is 12.3. The first-order chi connectivity index (χ1) is 10.6. The average molecular weight is 301 g/mol. The summed E-state index contributed by atoms with van der Waals surface area (Å²) >= 11 is 0. The molecule has 0 spiro atoms. The van der Waals surface area contributed by atoms with Gasteiger partial charge in [0.15, 0.2) is 11.4 Å². The van der Waals surface area contributed by atoms with Crippen molar-refractivity contribution in [2.45, 2.75) is 26.3 Å². The summed E-state index contributed by atoms with van der Waals surface area (Å²) in [4.78, 5) is 24.5. The lowest BCUT2D eigenvalue weighted by Crippen LogP contribution is -2.34. The summed E-state index contributed by atoms with van der Waals surface area (Å²) < 4.78 is 6.31. The van der Waals surface area contributed by atoms with Crippen molar-refractivity contribution < 1.29 is 9.53 Å². The highest BCUT2D eigenvalue weighted by molar-refractivity contribution is 5.94. The van der Waals surface area contributed by atoms with Gasteiger partial charge in [0.1, 0.15) is 0 Å². The number of nitrogens with zero attached hydrogens (tertiary/aromatic N) is 2. The SMILES string of the molecule is CC[C@@H](C)NC(=O)c1nn(-c2ccccc2)c(=O)cc1OC. The quantitative estimate of drug-likeness (QED) is 0.913. The van der Waals surface area contributed by atoms with Crippen LogP contribution < -0.4 is 15.6 Å². The molecule has 22 heavy (non-hydrogen) atoms. The van der Waals surface area contributed by atoms with Crippen LogP contribution in [0.1, 0.15) is 30.8 Å². The van der Waals surface area contributed by atoms with Crippen molar-refractivity contribution in [3.63, 3.8) is 0 Å². The molecule has 0 fully saturated rings. The summed E-state index contributed by atoms with van der Waals surface area (Å²) in [5, 5.41) is 6.99. The molecule has 1 aromatic heterocycles. The normalized spacial score (nSPS) is 11.8. The van der Waals surface area contributed by atoms with E-state index in [0.717, 1.165) is 6.42 Å². The van der Waals surface area contributed by atoms with Gasteiger partial charge in [-0.25, -0.2) is 0 Å². The molecule has 116 valence electrons. The van der Waals surface area contributed by atoms with Crippen molar-refractivity contribution in [1.29, 1.82) is 0 Å². The Bertz CT molecular complexity index is 710. The lowest BCUT2D eigenvalue weighted by atomic mass is 10.2. The van der Waals surface area contributed by atoms with E-state index >= 15 is 0 Å². The summed E-state index contributed by atoms with van der Waals surface area (Å²) in [7, 11) is 1.41. The van der Waals surface area contributed by atoms with E-state index in [2.05, 4.69) is 10.4 Å². The highest BCUT2D eigenvalue weighted by atomic mass is 16.5. The first-order valence-corrected chi connectivity index (χ1v) is 7.11. The number of aromatic nitrogens is 2. The Morgan fingerprint density at radius 1 is 1.36 bits per heavy atom. The molecule has 6 heteroatoms. The van der Waals surface area contributed by atoms with Gasteiger partial charge in [0.25, 0.3) is 11.5 Å². The van der Waals surface area contributed by atoms with E-state index in [0.29, 0.717) is 5.69 Å². The van der Waals surface area contributed by atoms with Crippen molar-refractivity contribution in [3.8, 4) is 11.4 Å². The molecular formula is C16H19N3O3. The summed E-state index contributed by atoms with van der Waals surface area (Å²) in [6.45, 7) is 3.87. The minimum absolute atomic E-state index is 0.0103. The second kappa shape index (κ2) is 6.89. The molecular weight excluding hydrogens is 282 g/mol. The third kappa shape index (κ3) is 3.33. The van der Waals surface area contributed by atoms with Gasteiger partial charge >= 0.3 is 0 Å². The fourth-order valence-electron chi connectivity index (χ4n) is 1.90. The van der Waals surface area contributed by atoms with Crippen molar-refractivity contribution in [1.82, 2.24) is 15.1 Å². The number of amides is 1. The molecule has 0 saturated heterocycles. The zero-order valence-electron chi connectivity index (χ0n) is 12.9. The second-order valence-corrected chi connectivity index (χ2v) is 4.93. The highest BCUT2D eigenvalue weighted by Crippen LogP contribution is 2.14. The van der Waals surface area contributed by atoms with Crippen LogP contribution in [0.3, 0.4) is 0 Å². The molecule has 0 aliphatic rings. The molecule has 0 bridgehead atoms. The van der Waals surface area contributed by atoms with Gasteiger partial charge in [-0.05, 0) is 25.5 Å². The number of rotatable bonds is 5. The number of carbonyl (C=O) groups is 1. The van der Waals surface area contributed by atoms with Crippen LogP contribution in [0.5, 0.6) is 5.75 Å². The fourth-order valence-corrected chi connectivity index (χ4v) is 1.90. The predicted octanol–water partition coefficient (Wildman–Crippen LogP) is 1.77. The minimum Gasteiger partial charge on any atom is -0.494 e. The molecule has 0 aliphatic heterocycles. The summed E-state index contributed by atoms with van der Waals surface area (Å²) in [6.07, 6.45) is 0.798. The summed E-state index contributed by atoms with van der Waals surface area (Å²) in [5.41, 5.74) is 0.321. The first-order valence-electron chi connectivity index (χ1n) is 7.11. The van der Waals surface area contributed by atoms with Crippen LogP contribution in [0, 0.1) is 0 Å². The molecule has 0 saturated carbocycles. The molecule has 1 amide bonds. The molecule has 0 aliphatic carbocycles. The van der Waals surface area contributed by atoms with Gasteiger partial charge in [-0.2, -0.15) is 9.78 Å². The Morgan fingerprint density at radius 2 is 2.05 bits per heavy atom. The Labute approximate surface area is 128 Å². The zero-order chi connectivity index (χ0) is 16.1. The molecule has 0 unspecified atom stereocenters. The molecule has 1 aromatic carbocycles. The second-order valence-electron chi connectivity index (χ2n) is 4.93. The van der Waals surface area contributed by atoms with Gasteiger partial charge in [0.2, 0.25) is 0 Å². The number of ether oxygens (including phenoxy) is 1. The predicted molar refractivity (Wildman–Crippen MR) is 83.6 cm³/mol. The maximum absolute atomic E-state index is 12.3. The molecule has 1 heterocycles. The van der Waals surface area contributed by atoms with Gasteiger partial charge in [-0.3, -0.25) is 9.59 Å². The minimum atomic E-state index is -0.365. The lowest BCUT2D eigenvalue weighted by Gasteiger charge is -2.14. The van der Waals surface area contributed by atoms with Gasteiger partial charge in [0.05, 0.1) is 18.9 Å². The Morgan fingerprint density at radius 3 is 2.64 bits per heavy atom. The largest absolute Gasteiger partial charge is 0.494 e. The van der Waals surface area contributed by atoms with Crippen LogP contribution in [0.15, 0.2) is 41.2 Å². The molecule has 2 aromatic rings. The molecule has 0 radical (unpaired) electrons. The Kier molecular flexibility index (Phi) is 4.93. The number of nitrogens with one attached hydrogen (secondary N) is 1. The first kappa shape index (κ1) is 15.8. The standard InChI is InChI=1S/C16H19N3O3/c1-4-11(2)17-16(21)15-13(22-3)10-14(20)19(18-15)12-8-6-5-7-9-12/h5-11H,4H2,1-3H3,(H,17,21)/t11-/m1/s1. The summed E-state index contributed by atoms with van der Waals surface area (Å²) in [6, 6.07) is 10.2. The van der Waals surface area contributed by atoms with Gasteiger partial charge in [-0.15, -0.1) is 0 Å². The Hall–Kier alpha value is -2.63. The molecule has 1 N–H and O–H groups in total. The summed E-state index contributed by atoms with van der Waals surface area (Å²) in [5.74, 6) is -0.200. The van der Waals surface area contributed by atoms with Crippen molar-refractivity contribution in [2.75, 3.05) is 7.11 Å². The fraction of sp³-hybridized carbons (Fsp3) is 0.312. The van der Waals surface area contributed by atoms with Gasteiger partial charge < -0.3 is 10.1 Å². The highest BCUT2D eigenvalue weighted by Gasteiger charge is 2.19. The van der Waals surface area contributed by atoms with E-state index in [1.54, 1.807) is 24.3 Å².